The molecule has 1 aliphatic heterocycles. The zero-order valence-corrected chi connectivity index (χ0v) is 21.3. The van der Waals surface area contributed by atoms with Gasteiger partial charge >= 0.3 is 0 Å². The molecule has 0 saturated carbocycles. The molecule has 3 amide bonds. The molecule has 38 heavy (non-hydrogen) atoms. The van der Waals surface area contributed by atoms with Crippen molar-refractivity contribution in [1.82, 2.24) is 10.6 Å². The van der Waals surface area contributed by atoms with Crippen LogP contribution in [0.15, 0.2) is 71.3 Å². The van der Waals surface area contributed by atoms with Crippen molar-refractivity contribution in [3.63, 3.8) is 0 Å². The Labute approximate surface area is 220 Å². The Kier molecular flexibility index (Phi) is 8.99. The van der Waals surface area contributed by atoms with Crippen molar-refractivity contribution >= 4 is 23.4 Å². The van der Waals surface area contributed by atoms with E-state index < -0.39 is 17.9 Å². The summed E-state index contributed by atoms with van der Waals surface area (Å²) in [5.74, 6) is -0.521. The van der Waals surface area contributed by atoms with E-state index in [1.807, 2.05) is 6.07 Å². The summed E-state index contributed by atoms with van der Waals surface area (Å²) in [6.07, 6.45) is 3.09. The SMILES string of the molecule is COc1ccc(N(C(=O)CNC(=O)c2ccco2)C(C(=O)NCC2CCCO2)c2ccccc2)cc1OC. The van der Waals surface area contributed by atoms with Gasteiger partial charge in [0, 0.05) is 24.9 Å². The van der Waals surface area contributed by atoms with E-state index in [1.54, 1.807) is 48.5 Å². The topological polar surface area (TPSA) is 119 Å². The van der Waals surface area contributed by atoms with E-state index in [1.165, 1.54) is 31.4 Å². The van der Waals surface area contributed by atoms with Gasteiger partial charge in [0.15, 0.2) is 17.3 Å². The number of hydrogen-bond acceptors (Lipinski definition) is 7. The normalized spacial score (nSPS) is 15.4. The zero-order chi connectivity index (χ0) is 26.9. The summed E-state index contributed by atoms with van der Waals surface area (Å²) < 4.78 is 21.6. The van der Waals surface area contributed by atoms with E-state index >= 15 is 0 Å². The third-order valence-electron chi connectivity index (χ3n) is 6.21. The standard InChI is InChI=1S/C28H31N3O7/c1-35-22-13-12-20(16-24(22)36-2)31(25(32)18-30-27(33)23-11-7-15-38-23)26(19-8-4-3-5-9-19)28(34)29-17-21-10-6-14-37-21/h3-5,7-9,11-13,15-16,21,26H,6,10,14,17-18H2,1-2H3,(H,29,34)(H,30,33). The number of furan rings is 1. The molecule has 0 radical (unpaired) electrons. The first-order chi connectivity index (χ1) is 18.5. The molecule has 10 nitrogen and oxygen atoms in total. The average molecular weight is 522 g/mol. The van der Waals surface area contributed by atoms with E-state index in [2.05, 4.69) is 10.6 Å². The lowest BCUT2D eigenvalue weighted by molar-refractivity contribution is -0.126. The van der Waals surface area contributed by atoms with Crippen molar-refractivity contribution in [2.24, 2.45) is 0 Å². The predicted molar refractivity (Wildman–Crippen MR) is 139 cm³/mol. The monoisotopic (exact) mass is 521 g/mol. The minimum Gasteiger partial charge on any atom is -0.493 e. The molecule has 2 heterocycles. The maximum Gasteiger partial charge on any atom is 0.287 e. The van der Waals surface area contributed by atoms with Crippen molar-refractivity contribution in [3.05, 3.63) is 78.3 Å². The summed E-state index contributed by atoms with van der Waals surface area (Å²) in [5.41, 5.74) is 0.985. The Morgan fingerprint density at radius 3 is 2.45 bits per heavy atom. The number of amides is 3. The molecule has 0 bridgehead atoms. The minimum atomic E-state index is -1.04. The van der Waals surface area contributed by atoms with Gasteiger partial charge in [-0.1, -0.05) is 30.3 Å². The molecule has 1 fully saturated rings. The average Bonchev–Trinajstić information content (AvgIpc) is 3.68. The van der Waals surface area contributed by atoms with Gasteiger partial charge in [0.05, 0.1) is 33.1 Å². The first-order valence-corrected chi connectivity index (χ1v) is 12.3. The maximum atomic E-state index is 13.8. The van der Waals surface area contributed by atoms with Crippen LogP contribution in [0.4, 0.5) is 5.69 Å². The van der Waals surface area contributed by atoms with E-state index in [9.17, 15) is 14.4 Å². The smallest absolute Gasteiger partial charge is 0.287 e. The van der Waals surface area contributed by atoms with E-state index in [0.717, 1.165) is 12.8 Å². The second kappa shape index (κ2) is 12.8. The number of carbonyl (C=O) groups is 3. The molecule has 0 spiro atoms. The Morgan fingerprint density at radius 2 is 1.79 bits per heavy atom. The highest BCUT2D eigenvalue weighted by Crippen LogP contribution is 2.35. The summed E-state index contributed by atoms with van der Waals surface area (Å²) in [4.78, 5) is 41.3. The fourth-order valence-electron chi connectivity index (χ4n) is 4.32. The fraction of sp³-hybridized carbons (Fsp3) is 0.321. The van der Waals surface area contributed by atoms with Crippen LogP contribution in [0, 0.1) is 0 Å². The van der Waals surface area contributed by atoms with E-state index in [4.69, 9.17) is 18.6 Å². The third-order valence-corrected chi connectivity index (χ3v) is 6.21. The molecular formula is C28H31N3O7. The highest BCUT2D eigenvalue weighted by molar-refractivity contribution is 6.04. The van der Waals surface area contributed by atoms with Gasteiger partial charge in [0.1, 0.15) is 6.04 Å². The number of nitrogens with zero attached hydrogens (tertiary/aromatic N) is 1. The van der Waals surface area contributed by atoms with Gasteiger partial charge in [-0.2, -0.15) is 0 Å². The first kappa shape index (κ1) is 26.7. The van der Waals surface area contributed by atoms with Crippen LogP contribution in [0.5, 0.6) is 11.5 Å². The van der Waals surface area contributed by atoms with Gasteiger partial charge in [-0.25, -0.2) is 0 Å². The number of ether oxygens (including phenoxy) is 3. The summed E-state index contributed by atoms with van der Waals surface area (Å²) in [5, 5.41) is 5.53. The molecule has 3 aromatic rings. The summed E-state index contributed by atoms with van der Waals surface area (Å²) in [7, 11) is 3.00. The highest BCUT2D eigenvalue weighted by atomic mass is 16.5. The quantitative estimate of drug-likeness (QED) is 0.398. The van der Waals surface area contributed by atoms with Crippen LogP contribution in [-0.4, -0.2) is 57.7 Å². The van der Waals surface area contributed by atoms with Crippen molar-refractivity contribution < 1.29 is 33.0 Å². The molecule has 1 aliphatic rings. The van der Waals surface area contributed by atoms with Gasteiger partial charge in [-0.3, -0.25) is 19.3 Å². The molecule has 1 aromatic heterocycles. The number of anilines is 1. The van der Waals surface area contributed by atoms with Crippen LogP contribution >= 0.6 is 0 Å². The molecule has 0 aliphatic carbocycles. The van der Waals surface area contributed by atoms with Crippen LogP contribution < -0.4 is 25.0 Å². The Hall–Kier alpha value is -4.31. The van der Waals surface area contributed by atoms with Crippen LogP contribution in [0.3, 0.4) is 0 Å². The van der Waals surface area contributed by atoms with Crippen molar-refractivity contribution in [1.29, 1.82) is 0 Å². The lowest BCUT2D eigenvalue weighted by atomic mass is 10.0. The van der Waals surface area contributed by atoms with Crippen molar-refractivity contribution in [2.45, 2.75) is 25.0 Å². The van der Waals surface area contributed by atoms with Gasteiger partial charge in [-0.15, -0.1) is 0 Å². The Morgan fingerprint density at radius 1 is 1.00 bits per heavy atom. The van der Waals surface area contributed by atoms with Crippen LogP contribution in [0.2, 0.25) is 0 Å². The predicted octanol–water partition coefficient (Wildman–Crippen LogP) is 3.10. The molecule has 1 saturated heterocycles. The molecule has 2 atom stereocenters. The first-order valence-electron chi connectivity index (χ1n) is 12.3. The largest absolute Gasteiger partial charge is 0.493 e. The maximum absolute atomic E-state index is 13.8. The summed E-state index contributed by atoms with van der Waals surface area (Å²) in [6, 6.07) is 16.0. The number of hydrogen-bond donors (Lipinski definition) is 2. The number of methoxy groups -OCH3 is 2. The zero-order valence-electron chi connectivity index (χ0n) is 21.3. The third kappa shape index (κ3) is 6.33. The summed E-state index contributed by atoms with van der Waals surface area (Å²) in [6.45, 7) is 0.607. The van der Waals surface area contributed by atoms with Crippen LogP contribution in [-0.2, 0) is 14.3 Å². The number of rotatable bonds is 11. The molecule has 2 unspecified atom stereocenters. The van der Waals surface area contributed by atoms with Gasteiger partial charge in [0.25, 0.3) is 5.91 Å². The van der Waals surface area contributed by atoms with Crippen LogP contribution in [0.25, 0.3) is 0 Å². The Bertz CT molecular complexity index is 1220. The van der Waals surface area contributed by atoms with E-state index in [0.29, 0.717) is 35.9 Å². The second-order valence-corrected chi connectivity index (χ2v) is 8.66. The molecule has 10 heteroatoms. The molecule has 4 rings (SSSR count). The highest BCUT2D eigenvalue weighted by Gasteiger charge is 2.34. The molecule has 200 valence electrons. The van der Waals surface area contributed by atoms with Crippen molar-refractivity contribution in [3.8, 4) is 11.5 Å². The van der Waals surface area contributed by atoms with Gasteiger partial charge in [-0.05, 0) is 42.7 Å². The minimum absolute atomic E-state index is 0.0735. The van der Waals surface area contributed by atoms with Crippen LogP contribution in [0.1, 0.15) is 35.0 Å². The fourth-order valence-corrected chi connectivity index (χ4v) is 4.32. The lowest BCUT2D eigenvalue weighted by Gasteiger charge is -2.32. The molecule has 2 aromatic carbocycles. The second-order valence-electron chi connectivity index (χ2n) is 8.66. The number of nitrogens with one attached hydrogen (secondary N) is 2. The van der Waals surface area contributed by atoms with Crippen molar-refractivity contribution in [2.75, 3.05) is 38.8 Å². The van der Waals surface area contributed by atoms with E-state index in [-0.39, 0.29) is 24.3 Å². The van der Waals surface area contributed by atoms with Gasteiger partial charge < -0.3 is 29.3 Å². The molecule has 2 N–H and O–H groups in total. The Balaban J connectivity index is 1.69. The molecular weight excluding hydrogens is 490 g/mol. The van der Waals surface area contributed by atoms with Gasteiger partial charge in [0.2, 0.25) is 11.8 Å². The summed E-state index contributed by atoms with van der Waals surface area (Å²) >= 11 is 0. The number of benzene rings is 2. The number of carbonyl (C=O) groups excluding carboxylic acids is 3. The lowest BCUT2D eigenvalue weighted by Crippen LogP contribution is -2.48.